The molecule has 0 N–H and O–H groups in total. The van der Waals surface area contributed by atoms with Crippen LogP contribution in [0.25, 0.3) is 0 Å². The Bertz CT molecular complexity index is 1150. The highest BCUT2D eigenvalue weighted by Crippen LogP contribution is 2.37. The maximum atomic E-state index is 13.1. The summed E-state index contributed by atoms with van der Waals surface area (Å²) in [6.45, 7) is 3.28. The lowest BCUT2D eigenvalue weighted by Gasteiger charge is -2.37. The summed E-state index contributed by atoms with van der Waals surface area (Å²) in [6, 6.07) is 10.1. The summed E-state index contributed by atoms with van der Waals surface area (Å²) in [5, 5.41) is 11.4. The molecular weight excluding hydrogens is 465 g/mol. The molecule has 8 nitrogen and oxygen atoms in total. The van der Waals surface area contributed by atoms with Gasteiger partial charge in [-0.05, 0) is 30.2 Å². The van der Waals surface area contributed by atoms with Gasteiger partial charge < -0.3 is 14.7 Å². The highest BCUT2D eigenvalue weighted by atomic mass is 19.4. The number of piperazine rings is 1. The topological polar surface area (TPSA) is 87.0 Å². The van der Waals surface area contributed by atoms with Crippen LogP contribution in [-0.2, 0) is 22.2 Å². The summed E-state index contributed by atoms with van der Waals surface area (Å²) >= 11 is 0. The summed E-state index contributed by atoms with van der Waals surface area (Å²) in [6.07, 6.45) is -3.81. The molecule has 2 saturated heterocycles. The minimum Gasteiger partial charge on any atom is -0.362 e. The smallest absolute Gasteiger partial charge is 0.362 e. The lowest BCUT2D eigenvalue weighted by atomic mass is 10.1. The van der Waals surface area contributed by atoms with E-state index in [9.17, 15) is 32.9 Å². The average molecular weight is 490 g/mol. The van der Waals surface area contributed by atoms with Crippen molar-refractivity contribution >= 4 is 28.9 Å². The van der Waals surface area contributed by atoms with Crippen LogP contribution < -0.4 is 9.80 Å². The molecule has 35 heavy (non-hydrogen) atoms. The maximum Gasteiger partial charge on any atom is 0.416 e. The molecule has 0 radical (unpaired) electrons. The highest BCUT2D eigenvalue weighted by Gasteiger charge is 2.39. The molecule has 11 heteroatoms. The fourth-order valence-electron chi connectivity index (χ4n) is 4.72. The van der Waals surface area contributed by atoms with Gasteiger partial charge in [-0.15, -0.1) is 0 Å². The summed E-state index contributed by atoms with van der Waals surface area (Å²) < 4.78 is 39.0. The zero-order valence-corrected chi connectivity index (χ0v) is 19.1. The van der Waals surface area contributed by atoms with E-state index in [0.29, 0.717) is 12.6 Å². The molecule has 2 aromatic carbocycles. The van der Waals surface area contributed by atoms with E-state index in [1.807, 2.05) is 31.2 Å². The summed E-state index contributed by atoms with van der Waals surface area (Å²) in [7, 11) is 0. The molecule has 0 spiro atoms. The zero-order valence-electron chi connectivity index (χ0n) is 19.1. The first kappa shape index (κ1) is 24.5. The van der Waals surface area contributed by atoms with Crippen LogP contribution in [0.15, 0.2) is 42.5 Å². The molecular formula is C24H25F3N4O4. The molecule has 0 bridgehead atoms. The standard InChI is InChI=1S/C24H25F3N4O4/c1-2-16-5-3-4-6-19(16)30-15-17(13-22(30)32)23(33)29-11-9-28(10-12-29)20-8-7-18(24(25,26)27)14-21(20)31(34)35/h3-8,14,17H,2,9-13,15H2,1H3. The van der Waals surface area contributed by atoms with Crippen molar-refractivity contribution in [3.05, 3.63) is 63.7 Å². The van der Waals surface area contributed by atoms with Gasteiger partial charge in [-0.3, -0.25) is 19.7 Å². The van der Waals surface area contributed by atoms with Gasteiger partial charge >= 0.3 is 6.18 Å². The maximum absolute atomic E-state index is 13.1. The van der Waals surface area contributed by atoms with E-state index >= 15 is 0 Å². The number of hydrogen-bond donors (Lipinski definition) is 0. The third-order valence-electron chi connectivity index (χ3n) is 6.57. The second-order valence-corrected chi connectivity index (χ2v) is 8.66. The summed E-state index contributed by atoms with van der Waals surface area (Å²) in [5.41, 5.74) is 0.233. The second-order valence-electron chi connectivity index (χ2n) is 8.66. The normalized spacial score (nSPS) is 18.8. The van der Waals surface area contributed by atoms with E-state index in [0.717, 1.165) is 29.8 Å². The molecule has 2 heterocycles. The molecule has 4 rings (SSSR count). The number of anilines is 2. The van der Waals surface area contributed by atoms with Gasteiger partial charge in [0.05, 0.1) is 16.4 Å². The molecule has 0 aliphatic carbocycles. The first-order valence-corrected chi connectivity index (χ1v) is 11.4. The number of aryl methyl sites for hydroxylation is 1. The molecule has 186 valence electrons. The Labute approximate surface area is 200 Å². The van der Waals surface area contributed by atoms with Crippen molar-refractivity contribution in [2.75, 3.05) is 42.5 Å². The van der Waals surface area contributed by atoms with E-state index in [2.05, 4.69) is 0 Å². The predicted octanol–water partition coefficient (Wildman–Crippen LogP) is 3.88. The third-order valence-corrected chi connectivity index (χ3v) is 6.57. The number of nitro groups is 1. The van der Waals surface area contributed by atoms with Crippen molar-refractivity contribution in [1.29, 1.82) is 0 Å². The number of para-hydroxylation sites is 1. The molecule has 2 aliphatic rings. The number of rotatable bonds is 5. The Hall–Kier alpha value is -3.63. The largest absolute Gasteiger partial charge is 0.416 e. The second kappa shape index (κ2) is 9.55. The monoisotopic (exact) mass is 490 g/mol. The quantitative estimate of drug-likeness (QED) is 0.469. The molecule has 1 atom stereocenters. The number of hydrogen-bond acceptors (Lipinski definition) is 5. The number of nitro benzene ring substituents is 1. The molecule has 1 unspecified atom stereocenters. The molecule has 0 aromatic heterocycles. The van der Waals surface area contributed by atoms with Crippen LogP contribution in [-0.4, -0.2) is 54.4 Å². The number of halogens is 3. The third kappa shape index (κ3) is 4.94. The van der Waals surface area contributed by atoms with E-state index in [1.165, 1.54) is 0 Å². The molecule has 2 aromatic rings. The first-order chi connectivity index (χ1) is 16.6. The lowest BCUT2D eigenvalue weighted by Crippen LogP contribution is -2.50. The number of amides is 2. The number of carbonyl (C=O) groups is 2. The Balaban J connectivity index is 1.43. The molecule has 2 amide bonds. The summed E-state index contributed by atoms with van der Waals surface area (Å²) in [4.78, 5) is 41.3. The van der Waals surface area contributed by atoms with Gasteiger partial charge in [0.1, 0.15) is 5.69 Å². The summed E-state index contributed by atoms with van der Waals surface area (Å²) in [5.74, 6) is -0.751. The Morgan fingerprint density at radius 2 is 1.77 bits per heavy atom. The van der Waals surface area contributed by atoms with E-state index in [1.54, 1.807) is 14.7 Å². The molecule has 2 fully saturated rings. The van der Waals surface area contributed by atoms with Crippen molar-refractivity contribution in [2.45, 2.75) is 25.9 Å². The van der Waals surface area contributed by atoms with Crippen LogP contribution in [0.5, 0.6) is 0 Å². The Morgan fingerprint density at radius 3 is 2.40 bits per heavy atom. The number of nitrogens with zero attached hydrogens (tertiary/aromatic N) is 4. The van der Waals surface area contributed by atoms with Crippen molar-refractivity contribution in [1.82, 2.24) is 4.90 Å². The van der Waals surface area contributed by atoms with Crippen molar-refractivity contribution in [3.63, 3.8) is 0 Å². The van der Waals surface area contributed by atoms with Gasteiger partial charge in [0.2, 0.25) is 11.8 Å². The van der Waals surface area contributed by atoms with Crippen LogP contribution in [0.1, 0.15) is 24.5 Å². The fourth-order valence-corrected chi connectivity index (χ4v) is 4.72. The van der Waals surface area contributed by atoms with E-state index in [-0.39, 0.29) is 50.1 Å². The van der Waals surface area contributed by atoms with Crippen LogP contribution in [0.3, 0.4) is 0 Å². The average Bonchev–Trinajstić information content (AvgIpc) is 3.24. The Morgan fingerprint density at radius 1 is 1.09 bits per heavy atom. The predicted molar refractivity (Wildman–Crippen MR) is 123 cm³/mol. The number of alkyl halides is 3. The van der Waals surface area contributed by atoms with Gasteiger partial charge in [0, 0.05) is 50.9 Å². The van der Waals surface area contributed by atoms with Crippen molar-refractivity contribution in [2.24, 2.45) is 5.92 Å². The Kier molecular flexibility index (Phi) is 6.68. The van der Waals surface area contributed by atoms with Gasteiger partial charge in [0.25, 0.3) is 5.69 Å². The molecule has 0 saturated carbocycles. The lowest BCUT2D eigenvalue weighted by molar-refractivity contribution is -0.384. The minimum atomic E-state index is -4.68. The zero-order chi connectivity index (χ0) is 25.3. The number of carbonyl (C=O) groups excluding carboxylic acids is 2. The fraction of sp³-hybridized carbons (Fsp3) is 0.417. The molecule has 2 aliphatic heterocycles. The first-order valence-electron chi connectivity index (χ1n) is 11.4. The van der Waals surface area contributed by atoms with Crippen molar-refractivity contribution < 1.29 is 27.7 Å². The van der Waals surface area contributed by atoms with Gasteiger partial charge in [-0.25, -0.2) is 0 Å². The van der Waals surface area contributed by atoms with Crippen LogP contribution in [0.4, 0.5) is 30.2 Å². The van der Waals surface area contributed by atoms with Gasteiger partial charge in [-0.2, -0.15) is 13.2 Å². The van der Waals surface area contributed by atoms with E-state index in [4.69, 9.17) is 0 Å². The number of benzene rings is 2. The van der Waals surface area contributed by atoms with Crippen LogP contribution in [0, 0.1) is 16.0 Å². The van der Waals surface area contributed by atoms with Crippen LogP contribution in [0.2, 0.25) is 0 Å². The highest BCUT2D eigenvalue weighted by molar-refractivity contribution is 6.00. The van der Waals surface area contributed by atoms with Gasteiger partial charge in [-0.1, -0.05) is 25.1 Å². The SMILES string of the molecule is CCc1ccccc1N1CC(C(=O)N2CCN(c3ccc(C(F)(F)F)cc3[N+](=O)[O-])CC2)CC1=O. The van der Waals surface area contributed by atoms with E-state index < -0.39 is 28.3 Å². The van der Waals surface area contributed by atoms with Crippen LogP contribution >= 0.6 is 0 Å². The van der Waals surface area contributed by atoms with Gasteiger partial charge in [0.15, 0.2) is 0 Å². The minimum absolute atomic E-state index is 0.0912. The van der Waals surface area contributed by atoms with Crippen molar-refractivity contribution in [3.8, 4) is 0 Å².